The van der Waals surface area contributed by atoms with Crippen molar-refractivity contribution in [3.8, 4) is 0 Å². The molecule has 0 amide bonds. The van der Waals surface area contributed by atoms with Crippen LogP contribution in [0.3, 0.4) is 0 Å². The van der Waals surface area contributed by atoms with E-state index in [2.05, 4.69) is 169 Å². The van der Waals surface area contributed by atoms with Gasteiger partial charge in [0.15, 0.2) is 34.7 Å². The molecule has 0 radical (unpaired) electrons. The van der Waals surface area contributed by atoms with Crippen LogP contribution in [0, 0.1) is 32.5 Å². The molecule has 2 rings (SSSR count). The van der Waals surface area contributed by atoms with E-state index in [4.69, 9.17) is 0 Å². The predicted octanol–water partition coefficient (Wildman–Crippen LogP) is 16.7. The molecule has 0 unspecified atom stereocenters. The minimum atomic E-state index is -0.462. The number of likely N-dealkylation sites (tertiary alicyclic amines) is 2. The molecule has 12 heteroatoms. The summed E-state index contributed by atoms with van der Waals surface area (Å²) in [5.41, 5.74) is -2.28. The summed E-state index contributed by atoms with van der Waals surface area (Å²) in [5.74, 6) is 1.87. The molecule has 512 valence electrons. The molecule has 0 aromatic heterocycles. The first-order valence-corrected chi connectivity index (χ1v) is 32.7. The van der Waals surface area contributed by atoms with E-state index in [1.54, 1.807) is 0 Å². The molecule has 0 aromatic carbocycles. The zero-order valence-corrected chi connectivity index (χ0v) is 66.0. The summed E-state index contributed by atoms with van der Waals surface area (Å²) in [6.07, 6.45) is 3.14. The van der Waals surface area contributed by atoms with Crippen LogP contribution in [0.4, 0.5) is 0 Å². The van der Waals surface area contributed by atoms with Crippen LogP contribution in [0.2, 0.25) is 0 Å². The number of rotatable bonds is 10. The zero-order valence-electron chi connectivity index (χ0n) is 66.0. The molecule has 2 saturated heterocycles. The van der Waals surface area contributed by atoms with Gasteiger partial charge in [0.05, 0.1) is 34.7 Å². The molecule has 2 fully saturated rings. The van der Waals surface area contributed by atoms with Crippen molar-refractivity contribution in [2.24, 2.45) is 32.5 Å². The number of carbonyl (C=O) groups is 6. The van der Waals surface area contributed by atoms with Crippen molar-refractivity contribution in [1.29, 1.82) is 0 Å². The number of nitrogens with one attached hydrogen (secondary N) is 2. The number of nitrogens with zero attached hydrogens (tertiary/aromatic N) is 4. The Morgan fingerprint density at radius 2 is 0.663 bits per heavy atom. The molecular formula is C74H150N6O6. The summed E-state index contributed by atoms with van der Waals surface area (Å²) in [7, 11) is 4.02. The van der Waals surface area contributed by atoms with Crippen molar-refractivity contribution in [3.05, 3.63) is 0 Å². The van der Waals surface area contributed by atoms with E-state index in [1.807, 2.05) is 173 Å². The Balaban J connectivity index is -0.000000470. The van der Waals surface area contributed by atoms with Gasteiger partial charge in [0.2, 0.25) is 0 Å². The topological polar surface area (TPSA) is 139 Å². The van der Waals surface area contributed by atoms with Gasteiger partial charge < -0.3 is 10.6 Å². The summed E-state index contributed by atoms with van der Waals surface area (Å²) < 4.78 is 0. The minimum Gasteiger partial charge on any atom is -0.303 e. The smallest absolute Gasteiger partial charge is 0.158 e. The molecule has 12 nitrogen and oxygen atoms in total. The molecule has 2 heterocycles. The lowest BCUT2D eigenvalue weighted by atomic mass is 9.70. The number of carbonyl (C=O) groups excluding carboxylic acids is 6. The maximum Gasteiger partial charge on any atom is 0.158 e. The quantitative estimate of drug-likeness (QED) is 0.215. The Labute approximate surface area is 536 Å². The molecule has 0 spiro atoms. The standard InChI is InChI=1S/C14H27NO.C13H25NO.3C12H25NO.C11H23NO/c1-12(2,3)11(16)14(7)9-8-10-15(14)13(4,5)6;1-11(2,3)10(15)13(7)8-9-14(13)12(4,5)6;1-10(2,3)9(14)12(7,8)13-11(4,5)6;2*1-9(10(14)11(2,3)4)13(8)12(5,6)7;1-8(12-11(5,6)7)9(13)10(2,3)4/h8-10H2,1-7H3;8-9H2,1-7H3;13H,1-8H3;2*9H,1-8H3;8,12H,1-7H3/t14-;13-;;2*9-;8-/m11.101/s1. The van der Waals surface area contributed by atoms with Crippen molar-refractivity contribution < 1.29 is 28.8 Å². The first kappa shape index (κ1) is 90.2. The van der Waals surface area contributed by atoms with E-state index in [0.717, 1.165) is 32.4 Å². The highest BCUT2D eigenvalue weighted by Gasteiger charge is 2.54. The number of hydrogen-bond acceptors (Lipinski definition) is 12. The predicted molar refractivity (Wildman–Crippen MR) is 374 cm³/mol. The largest absolute Gasteiger partial charge is 0.303 e. The molecular weight excluding hydrogens is 1070 g/mol. The normalized spacial score (nSPS) is 20.1. The van der Waals surface area contributed by atoms with Gasteiger partial charge in [-0.05, 0) is 213 Å². The van der Waals surface area contributed by atoms with Gasteiger partial charge in [-0.15, -0.1) is 0 Å². The van der Waals surface area contributed by atoms with Crippen molar-refractivity contribution in [2.45, 2.75) is 385 Å². The van der Waals surface area contributed by atoms with E-state index in [0.29, 0.717) is 23.1 Å². The Kier molecular flexibility index (Phi) is 32.4. The van der Waals surface area contributed by atoms with E-state index in [9.17, 15) is 28.8 Å². The van der Waals surface area contributed by atoms with Crippen molar-refractivity contribution in [1.82, 2.24) is 30.2 Å². The number of likely N-dealkylation sites (N-methyl/N-ethyl adjacent to an activating group) is 2. The highest BCUT2D eigenvalue weighted by atomic mass is 16.2. The van der Waals surface area contributed by atoms with Gasteiger partial charge in [0.25, 0.3) is 0 Å². The van der Waals surface area contributed by atoms with Crippen LogP contribution < -0.4 is 10.6 Å². The molecule has 2 N–H and O–H groups in total. The molecule has 86 heavy (non-hydrogen) atoms. The van der Waals surface area contributed by atoms with Gasteiger partial charge in [-0.2, -0.15) is 0 Å². The maximum atomic E-state index is 12.6. The molecule has 2 aliphatic heterocycles. The Morgan fingerprint density at radius 1 is 0.384 bits per heavy atom. The second-order valence-corrected chi connectivity index (χ2v) is 38.7. The lowest BCUT2D eigenvalue weighted by molar-refractivity contribution is -0.155. The third-order valence-corrected chi connectivity index (χ3v) is 16.3. The van der Waals surface area contributed by atoms with E-state index in [-0.39, 0.29) is 106 Å². The molecule has 5 atom stereocenters. The van der Waals surface area contributed by atoms with Crippen LogP contribution in [0.5, 0.6) is 0 Å². The summed E-state index contributed by atoms with van der Waals surface area (Å²) in [6, 6.07) is -0.106. The van der Waals surface area contributed by atoms with Crippen LogP contribution in [0.25, 0.3) is 0 Å². The first-order chi connectivity index (χ1) is 36.8. The minimum absolute atomic E-state index is 0.000324. The highest BCUT2D eigenvalue weighted by Crippen LogP contribution is 2.42. The molecule has 0 aromatic rings. The SMILES string of the molecule is CC(C)(C)C(=O)[C@@]1(C)CCCN1C(C)(C)C.CC(C)(C)C(=O)[C@@]1(C)CCN1C(C)(C)C.CC(C)(C)NC(C)(C)C(=O)C(C)(C)C.C[C@@H](C(=O)C(C)(C)C)N(C)C(C)(C)C.C[C@@H](NC(C)(C)C)C(=O)C(C)(C)C.C[C@H](C(=O)C(C)(C)C)N(C)C(C)(C)C. The molecule has 0 saturated carbocycles. The fourth-order valence-electron chi connectivity index (χ4n) is 11.8. The maximum absolute atomic E-state index is 12.6. The summed E-state index contributed by atoms with van der Waals surface area (Å²) in [6.45, 7) is 90.1. The van der Waals surface area contributed by atoms with E-state index >= 15 is 0 Å². The average molecular weight is 1220 g/mol. The molecule has 2 aliphatic rings. The van der Waals surface area contributed by atoms with E-state index < -0.39 is 5.54 Å². The second kappa shape index (κ2) is 30.9. The first-order valence-electron chi connectivity index (χ1n) is 32.7. The lowest BCUT2D eigenvalue weighted by Gasteiger charge is -2.57. The van der Waals surface area contributed by atoms with Gasteiger partial charge in [-0.1, -0.05) is 125 Å². The van der Waals surface area contributed by atoms with Gasteiger partial charge in [-0.25, -0.2) is 0 Å². The number of hydrogen-bond donors (Lipinski definition) is 2. The van der Waals surface area contributed by atoms with Crippen LogP contribution in [-0.4, -0.2) is 149 Å². The Bertz CT molecular complexity index is 2110. The summed E-state index contributed by atoms with van der Waals surface area (Å²) in [4.78, 5) is 81.9. The third kappa shape index (κ3) is 30.7. The van der Waals surface area contributed by atoms with Crippen molar-refractivity contribution in [3.63, 3.8) is 0 Å². The van der Waals surface area contributed by atoms with Crippen LogP contribution in [0.1, 0.15) is 317 Å². The fourth-order valence-corrected chi connectivity index (χ4v) is 11.8. The number of Topliss-reactive ketones (excluding diaryl/α,β-unsaturated/α-hetero) is 6. The third-order valence-electron chi connectivity index (χ3n) is 16.3. The Hall–Kier alpha value is -2.22. The summed E-state index contributed by atoms with van der Waals surface area (Å²) in [5, 5.41) is 6.63. The zero-order chi connectivity index (χ0) is 71.0. The van der Waals surface area contributed by atoms with Crippen molar-refractivity contribution >= 4 is 34.7 Å². The molecule has 0 aliphatic carbocycles. The van der Waals surface area contributed by atoms with Crippen LogP contribution >= 0.6 is 0 Å². The van der Waals surface area contributed by atoms with Gasteiger partial charge in [0.1, 0.15) is 0 Å². The lowest BCUT2D eigenvalue weighted by Crippen LogP contribution is -2.70. The average Bonchev–Trinajstić information content (AvgIpc) is 3.65. The highest BCUT2D eigenvalue weighted by molar-refractivity contribution is 5.94. The monoisotopic (exact) mass is 1220 g/mol. The van der Waals surface area contributed by atoms with Gasteiger partial charge in [-0.3, -0.25) is 48.4 Å². The van der Waals surface area contributed by atoms with Gasteiger partial charge >= 0.3 is 0 Å². The molecule has 0 bridgehead atoms. The van der Waals surface area contributed by atoms with Crippen LogP contribution in [-0.2, 0) is 28.8 Å². The van der Waals surface area contributed by atoms with Crippen LogP contribution in [0.15, 0.2) is 0 Å². The second-order valence-electron chi connectivity index (χ2n) is 38.7. The Morgan fingerprint density at radius 3 is 0.860 bits per heavy atom. The fraction of sp³-hybridized carbons (Fsp3) is 0.919. The number of ketones is 6. The van der Waals surface area contributed by atoms with Crippen molar-refractivity contribution in [2.75, 3.05) is 27.2 Å². The summed E-state index contributed by atoms with van der Waals surface area (Å²) >= 11 is 0. The van der Waals surface area contributed by atoms with Gasteiger partial charge in [0, 0.05) is 72.3 Å². The van der Waals surface area contributed by atoms with E-state index in [1.165, 1.54) is 0 Å².